The predicted molar refractivity (Wildman–Crippen MR) is 91.3 cm³/mol. The average Bonchev–Trinajstić information content (AvgIpc) is 2.93. The van der Waals surface area contributed by atoms with Crippen LogP contribution in [0.2, 0.25) is 0 Å². The molecule has 0 saturated heterocycles. The van der Waals surface area contributed by atoms with Gasteiger partial charge in [-0.1, -0.05) is 0 Å². The molecule has 1 aromatic carbocycles. The second kappa shape index (κ2) is 7.16. The van der Waals surface area contributed by atoms with Crippen molar-refractivity contribution in [1.29, 1.82) is 0 Å². The minimum absolute atomic E-state index is 0.0190. The van der Waals surface area contributed by atoms with E-state index >= 15 is 0 Å². The molecule has 0 aliphatic carbocycles. The lowest BCUT2D eigenvalue weighted by Crippen LogP contribution is -2.16. The molecule has 0 bridgehead atoms. The molecular weight excluding hydrogens is 349 g/mol. The lowest BCUT2D eigenvalue weighted by Gasteiger charge is -2.15. The number of carbonyl (C=O) groups excluding carboxylic acids is 1. The van der Waals surface area contributed by atoms with Crippen molar-refractivity contribution in [3.05, 3.63) is 35.5 Å². The maximum Gasteiger partial charge on any atom is 0.421 e. The van der Waals surface area contributed by atoms with E-state index in [4.69, 9.17) is 5.73 Å². The van der Waals surface area contributed by atoms with Gasteiger partial charge in [-0.2, -0.15) is 18.2 Å². The number of hydrogen-bond acceptors (Lipinski definition) is 6. The van der Waals surface area contributed by atoms with Crippen molar-refractivity contribution in [2.75, 3.05) is 29.0 Å². The van der Waals surface area contributed by atoms with Crippen molar-refractivity contribution >= 4 is 29.0 Å². The van der Waals surface area contributed by atoms with Gasteiger partial charge in [0.2, 0.25) is 11.9 Å². The molecule has 3 rings (SSSR count). The van der Waals surface area contributed by atoms with Crippen molar-refractivity contribution in [1.82, 2.24) is 9.97 Å². The quantitative estimate of drug-likeness (QED) is 0.586. The second-order valence-electron chi connectivity index (χ2n) is 5.74. The van der Waals surface area contributed by atoms with Crippen molar-refractivity contribution in [2.24, 2.45) is 5.73 Å². The molecule has 0 atom stereocenters. The summed E-state index contributed by atoms with van der Waals surface area (Å²) in [5, 5.41) is 8.22. The van der Waals surface area contributed by atoms with Gasteiger partial charge in [-0.15, -0.1) is 0 Å². The summed E-state index contributed by atoms with van der Waals surface area (Å²) in [6.45, 7) is 0.620. The first-order valence-electron chi connectivity index (χ1n) is 7.95. The van der Waals surface area contributed by atoms with Crippen molar-refractivity contribution in [3.63, 3.8) is 0 Å². The summed E-state index contributed by atoms with van der Waals surface area (Å²) in [7, 11) is 0. The minimum atomic E-state index is -4.57. The van der Waals surface area contributed by atoms with Gasteiger partial charge in [0.1, 0.15) is 11.4 Å². The molecule has 0 saturated carbocycles. The Balaban J connectivity index is 1.83. The van der Waals surface area contributed by atoms with Crippen LogP contribution in [0.3, 0.4) is 0 Å². The van der Waals surface area contributed by atoms with Crippen LogP contribution in [0.4, 0.5) is 36.3 Å². The molecular formula is C16H17F3N6O. The maximum absolute atomic E-state index is 13.1. The monoisotopic (exact) mass is 366 g/mol. The Labute approximate surface area is 147 Å². The van der Waals surface area contributed by atoms with Gasteiger partial charge < -0.3 is 21.7 Å². The molecule has 0 fully saturated rings. The molecule has 0 unspecified atom stereocenters. The summed E-state index contributed by atoms with van der Waals surface area (Å²) in [4.78, 5) is 19.1. The van der Waals surface area contributed by atoms with Gasteiger partial charge >= 0.3 is 6.18 Å². The Bertz CT molecular complexity index is 824. The Morgan fingerprint density at radius 2 is 2.12 bits per heavy atom. The summed E-state index contributed by atoms with van der Waals surface area (Å²) < 4.78 is 39.3. The van der Waals surface area contributed by atoms with E-state index in [9.17, 15) is 18.0 Å². The summed E-state index contributed by atoms with van der Waals surface area (Å²) >= 11 is 0. The molecule has 0 spiro atoms. The number of nitrogens with one attached hydrogen (secondary N) is 3. The summed E-state index contributed by atoms with van der Waals surface area (Å²) in [6, 6.07) is 5.13. The Morgan fingerprint density at radius 1 is 1.31 bits per heavy atom. The number of carbonyl (C=O) groups is 1. The number of aromatic nitrogens is 2. The SMILES string of the molecule is NCCCNc1nc(Nc2ccc3c(c2)CC(=O)N3)ncc1C(F)(F)F. The van der Waals surface area contributed by atoms with Crippen LogP contribution in [-0.4, -0.2) is 29.0 Å². The number of fused-ring (bicyclic) bond motifs is 1. The topological polar surface area (TPSA) is 105 Å². The number of alkyl halides is 3. The van der Waals surface area contributed by atoms with Gasteiger partial charge in [-0.25, -0.2) is 4.98 Å². The fourth-order valence-corrected chi connectivity index (χ4v) is 2.53. The number of nitrogens with two attached hydrogens (primary N) is 1. The number of amides is 1. The Hall–Kier alpha value is -2.88. The van der Waals surface area contributed by atoms with Crippen LogP contribution in [-0.2, 0) is 17.4 Å². The fraction of sp³-hybridized carbons (Fsp3) is 0.312. The van der Waals surface area contributed by atoms with Crippen LogP contribution in [0.15, 0.2) is 24.4 Å². The second-order valence-corrected chi connectivity index (χ2v) is 5.74. The van der Waals surface area contributed by atoms with E-state index in [-0.39, 0.29) is 30.6 Å². The van der Waals surface area contributed by atoms with Gasteiger partial charge in [-0.3, -0.25) is 4.79 Å². The highest BCUT2D eigenvalue weighted by Gasteiger charge is 2.35. The molecule has 1 aromatic heterocycles. The molecule has 1 aliphatic rings. The van der Waals surface area contributed by atoms with Crippen LogP contribution in [0, 0.1) is 0 Å². The van der Waals surface area contributed by atoms with Crippen molar-refractivity contribution in [3.8, 4) is 0 Å². The van der Waals surface area contributed by atoms with Crippen LogP contribution in [0.1, 0.15) is 17.5 Å². The number of anilines is 4. The van der Waals surface area contributed by atoms with Gasteiger partial charge in [0.15, 0.2) is 0 Å². The Kier molecular flexibility index (Phi) is 4.94. The average molecular weight is 366 g/mol. The largest absolute Gasteiger partial charge is 0.421 e. The molecule has 2 heterocycles. The zero-order valence-corrected chi connectivity index (χ0v) is 13.7. The van der Waals surface area contributed by atoms with Crippen LogP contribution in [0.25, 0.3) is 0 Å². The number of rotatable bonds is 6. The maximum atomic E-state index is 13.1. The fourth-order valence-electron chi connectivity index (χ4n) is 2.53. The number of benzene rings is 1. The third-order valence-corrected chi connectivity index (χ3v) is 3.75. The molecule has 2 aromatic rings. The first-order valence-corrected chi connectivity index (χ1v) is 7.95. The predicted octanol–water partition coefficient (Wildman–Crippen LogP) is 2.49. The van der Waals surface area contributed by atoms with Crippen LogP contribution >= 0.6 is 0 Å². The smallest absolute Gasteiger partial charge is 0.369 e. The molecule has 0 radical (unpaired) electrons. The van der Waals surface area contributed by atoms with E-state index < -0.39 is 11.7 Å². The summed E-state index contributed by atoms with van der Waals surface area (Å²) in [6.07, 6.45) is -3.07. The lowest BCUT2D eigenvalue weighted by atomic mass is 10.1. The molecule has 26 heavy (non-hydrogen) atoms. The summed E-state index contributed by atoms with van der Waals surface area (Å²) in [5.74, 6) is -0.388. The van der Waals surface area contributed by atoms with Crippen LogP contribution in [0.5, 0.6) is 0 Å². The van der Waals surface area contributed by atoms with Gasteiger partial charge in [0, 0.05) is 24.1 Å². The third kappa shape index (κ3) is 4.02. The van der Waals surface area contributed by atoms with Crippen molar-refractivity contribution < 1.29 is 18.0 Å². The molecule has 1 amide bonds. The highest BCUT2D eigenvalue weighted by Crippen LogP contribution is 2.34. The normalized spacial score (nSPS) is 13.3. The molecule has 5 N–H and O–H groups in total. The zero-order valence-electron chi connectivity index (χ0n) is 13.7. The lowest BCUT2D eigenvalue weighted by molar-refractivity contribution is -0.137. The number of halogens is 3. The van der Waals surface area contributed by atoms with Gasteiger partial charge in [0.25, 0.3) is 0 Å². The van der Waals surface area contributed by atoms with Gasteiger partial charge in [0.05, 0.1) is 6.42 Å². The third-order valence-electron chi connectivity index (χ3n) is 3.75. The van der Waals surface area contributed by atoms with Gasteiger partial charge in [-0.05, 0) is 36.7 Å². The first-order chi connectivity index (χ1) is 12.4. The van der Waals surface area contributed by atoms with E-state index in [1.54, 1.807) is 18.2 Å². The van der Waals surface area contributed by atoms with E-state index in [2.05, 4.69) is 25.9 Å². The molecule has 138 valence electrons. The summed E-state index contributed by atoms with van der Waals surface area (Å²) in [5.41, 5.74) is 6.52. The minimum Gasteiger partial charge on any atom is -0.369 e. The zero-order chi connectivity index (χ0) is 18.7. The molecule has 7 nitrogen and oxygen atoms in total. The van der Waals surface area contributed by atoms with Crippen molar-refractivity contribution in [2.45, 2.75) is 19.0 Å². The highest BCUT2D eigenvalue weighted by atomic mass is 19.4. The standard InChI is InChI=1S/C16H17F3N6O/c17-16(18,19)11-8-22-15(25-14(11)21-5-1-4-20)23-10-2-3-12-9(6-10)7-13(26)24-12/h2-3,6,8H,1,4-5,7,20H2,(H,24,26)(H2,21,22,23,25). The van der Waals surface area contributed by atoms with Crippen LogP contribution < -0.4 is 21.7 Å². The Morgan fingerprint density at radius 3 is 2.85 bits per heavy atom. The first kappa shape index (κ1) is 17.9. The highest BCUT2D eigenvalue weighted by molar-refractivity contribution is 5.99. The van der Waals surface area contributed by atoms with E-state index in [0.29, 0.717) is 18.7 Å². The van der Waals surface area contributed by atoms with E-state index in [0.717, 1.165) is 17.4 Å². The molecule has 1 aliphatic heterocycles. The number of hydrogen-bond donors (Lipinski definition) is 4. The van der Waals surface area contributed by atoms with E-state index in [1.165, 1.54) is 0 Å². The molecule has 10 heteroatoms. The number of nitrogens with zero attached hydrogens (tertiary/aromatic N) is 2. The van der Waals surface area contributed by atoms with E-state index in [1.807, 2.05) is 0 Å².